The van der Waals surface area contributed by atoms with Gasteiger partial charge in [-0.2, -0.15) is 13.2 Å². The predicted octanol–water partition coefficient (Wildman–Crippen LogP) is 6.25. The molecule has 33 heavy (non-hydrogen) atoms. The van der Waals surface area contributed by atoms with Crippen LogP contribution in [0.15, 0.2) is 60.8 Å². The first-order chi connectivity index (χ1) is 15.4. The highest BCUT2D eigenvalue weighted by molar-refractivity contribution is 6.31. The number of carboxylic acid groups (broad SMARTS) is 1. The molecule has 0 aliphatic heterocycles. The van der Waals surface area contributed by atoms with E-state index in [2.05, 4.69) is 10.3 Å². The SMILES string of the molecule is CC(c1ccc(CNc2cccc(C(=O)O)c2)cc1Cl)C(O)(c1ccnc(Cl)c1)C(F)(F)F. The maximum atomic E-state index is 14.1. The van der Waals surface area contributed by atoms with Crippen LogP contribution in [0.2, 0.25) is 10.2 Å². The van der Waals surface area contributed by atoms with Crippen LogP contribution in [0, 0.1) is 0 Å². The van der Waals surface area contributed by atoms with Crippen molar-refractivity contribution in [2.75, 3.05) is 5.32 Å². The number of halogens is 5. The minimum Gasteiger partial charge on any atom is -0.478 e. The number of hydrogen-bond acceptors (Lipinski definition) is 4. The molecule has 0 aliphatic carbocycles. The van der Waals surface area contributed by atoms with Crippen molar-refractivity contribution in [1.82, 2.24) is 4.98 Å². The Balaban J connectivity index is 1.87. The van der Waals surface area contributed by atoms with Gasteiger partial charge in [-0.25, -0.2) is 9.78 Å². The quantitative estimate of drug-likeness (QED) is 0.335. The van der Waals surface area contributed by atoms with Gasteiger partial charge in [-0.15, -0.1) is 0 Å². The van der Waals surface area contributed by atoms with E-state index in [0.29, 0.717) is 11.3 Å². The molecular formula is C23H19Cl2F3N2O3. The molecule has 1 aromatic heterocycles. The summed E-state index contributed by atoms with van der Waals surface area (Å²) >= 11 is 12.1. The molecule has 3 aromatic rings. The normalized spacial score (nSPS) is 14.4. The summed E-state index contributed by atoms with van der Waals surface area (Å²) in [7, 11) is 0. The molecule has 2 aromatic carbocycles. The number of nitrogens with zero attached hydrogens (tertiary/aromatic N) is 1. The highest BCUT2D eigenvalue weighted by atomic mass is 35.5. The van der Waals surface area contributed by atoms with Crippen LogP contribution in [0.1, 0.15) is 39.9 Å². The van der Waals surface area contributed by atoms with Gasteiger partial charge in [0.1, 0.15) is 5.15 Å². The van der Waals surface area contributed by atoms with Gasteiger partial charge in [0, 0.05) is 29.4 Å². The second-order valence-electron chi connectivity index (χ2n) is 7.45. The zero-order chi connectivity index (χ0) is 24.4. The first kappa shape index (κ1) is 24.8. The van der Waals surface area contributed by atoms with Gasteiger partial charge in [0.2, 0.25) is 0 Å². The average molecular weight is 499 g/mol. The Morgan fingerprint density at radius 1 is 1.12 bits per heavy atom. The van der Waals surface area contributed by atoms with Crippen LogP contribution >= 0.6 is 23.2 Å². The van der Waals surface area contributed by atoms with Crippen LogP contribution < -0.4 is 5.32 Å². The van der Waals surface area contributed by atoms with Crippen LogP contribution in [-0.2, 0) is 12.1 Å². The molecule has 0 amide bonds. The third-order valence-corrected chi connectivity index (χ3v) is 5.90. The maximum absolute atomic E-state index is 14.1. The summed E-state index contributed by atoms with van der Waals surface area (Å²) in [6.45, 7) is 1.49. The zero-order valence-electron chi connectivity index (χ0n) is 17.2. The first-order valence-corrected chi connectivity index (χ1v) is 10.5. The molecular weight excluding hydrogens is 480 g/mol. The number of carboxylic acids is 1. The van der Waals surface area contributed by atoms with Crippen LogP contribution in [-0.4, -0.2) is 27.3 Å². The van der Waals surface area contributed by atoms with Crippen molar-refractivity contribution in [2.24, 2.45) is 0 Å². The smallest absolute Gasteiger partial charge is 0.422 e. The number of pyridine rings is 1. The molecule has 0 bridgehead atoms. The molecule has 3 N–H and O–H groups in total. The number of benzene rings is 2. The Hall–Kier alpha value is -2.81. The van der Waals surface area contributed by atoms with Crippen LogP contribution in [0.4, 0.5) is 18.9 Å². The van der Waals surface area contributed by atoms with Crippen LogP contribution in [0.25, 0.3) is 0 Å². The number of nitrogens with one attached hydrogen (secondary N) is 1. The average Bonchev–Trinajstić information content (AvgIpc) is 2.76. The lowest BCUT2D eigenvalue weighted by molar-refractivity contribution is -0.274. The van der Waals surface area contributed by atoms with Crippen molar-refractivity contribution < 1.29 is 28.2 Å². The molecule has 3 rings (SSSR count). The summed E-state index contributed by atoms with van der Waals surface area (Å²) in [5.74, 6) is -2.52. The van der Waals surface area contributed by atoms with Gasteiger partial charge in [-0.1, -0.05) is 48.3 Å². The fourth-order valence-corrected chi connectivity index (χ4v) is 4.06. The van der Waals surface area contributed by atoms with E-state index in [1.165, 1.54) is 31.2 Å². The lowest BCUT2D eigenvalue weighted by Gasteiger charge is -2.37. The molecule has 0 radical (unpaired) electrons. The number of alkyl halides is 3. The van der Waals surface area contributed by atoms with Gasteiger partial charge in [0.05, 0.1) is 5.56 Å². The summed E-state index contributed by atoms with van der Waals surface area (Å²) in [5, 5.41) is 22.8. The first-order valence-electron chi connectivity index (χ1n) is 9.70. The van der Waals surface area contributed by atoms with Crippen LogP contribution in [0.5, 0.6) is 0 Å². The standard InChI is InChI=1S/C23H19Cl2F3N2O3/c1-13(22(33,23(26,27)28)16-7-8-29-20(25)11-16)18-6-5-14(9-19(18)24)12-30-17-4-2-3-15(10-17)21(31)32/h2-11,13,30,33H,12H2,1H3,(H,31,32). The van der Waals surface area contributed by atoms with Crippen molar-refractivity contribution in [3.63, 3.8) is 0 Å². The summed E-state index contributed by atoms with van der Waals surface area (Å²) in [5.41, 5.74) is -2.27. The lowest BCUT2D eigenvalue weighted by atomic mass is 9.78. The van der Waals surface area contributed by atoms with Gasteiger partial charge < -0.3 is 15.5 Å². The van der Waals surface area contributed by atoms with Crippen molar-refractivity contribution >= 4 is 34.9 Å². The van der Waals surface area contributed by atoms with E-state index in [4.69, 9.17) is 28.3 Å². The molecule has 0 saturated carbocycles. The van der Waals surface area contributed by atoms with E-state index >= 15 is 0 Å². The Morgan fingerprint density at radius 3 is 2.45 bits per heavy atom. The largest absolute Gasteiger partial charge is 0.478 e. The van der Waals surface area contributed by atoms with Crippen molar-refractivity contribution in [1.29, 1.82) is 0 Å². The summed E-state index contributed by atoms with van der Waals surface area (Å²) in [6, 6.07) is 12.7. The molecule has 5 nitrogen and oxygen atoms in total. The number of aromatic nitrogens is 1. The molecule has 174 valence electrons. The number of anilines is 1. The Morgan fingerprint density at radius 2 is 1.85 bits per heavy atom. The van der Waals surface area contributed by atoms with Crippen molar-refractivity contribution in [3.05, 3.63) is 93.2 Å². The summed E-state index contributed by atoms with van der Waals surface area (Å²) in [4.78, 5) is 14.8. The molecule has 10 heteroatoms. The van der Waals surface area contributed by atoms with Crippen molar-refractivity contribution in [3.8, 4) is 0 Å². The lowest BCUT2D eigenvalue weighted by Crippen LogP contribution is -2.46. The van der Waals surface area contributed by atoms with Gasteiger partial charge in [0.15, 0.2) is 5.60 Å². The second-order valence-corrected chi connectivity index (χ2v) is 8.24. The Bertz CT molecular complexity index is 1170. The summed E-state index contributed by atoms with van der Waals surface area (Å²) < 4.78 is 42.2. The molecule has 2 atom stereocenters. The van der Waals surface area contributed by atoms with Gasteiger partial charge in [-0.3, -0.25) is 0 Å². The molecule has 0 fully saturated rings. The molecule has 0 aliphatic rings. The van der Waals surface area contributed by atoms with E-state index in [-0.39, 0.29) is 27.8 Å². The monoisotopic (exact) mass is 498 g/mol. The molecule has 1 heterocycles. The molecule has 2 unspecified atom stereocenters. The maximum Gasteiger partial charge on any atom is 0.422 e. The number of carbonyl (C=O) groups is 1. The Kier molecular flexibility index (Phi) is 7.21. The highest BCUT2D eigenvalue weighted by Crippen LogP contribution is 2.50. The van der Waals surface area contributed by atoms with Crippen molar-refractivity contribution in [2.45, 2.75) is 31.2 Å². The third kappa shape index (κ3) is 5.24. The van der Waals surface area contributed by atoms with Gasteiger partial charge in [0.25, 0.3) is 0 Å². The fraction of sp³-hybridized carbons (Fsp3) is 0.217. The van der Waals surface area contributed by atoms with E-state index < -0.39 is 29.2 Å². The van der Waals surface area contributed by atoms with E-state index in [1.807, 2.05) is 0 Å². The van der Waals surface area contributed by atoms with Gasteiger partial charge >= 0.3 is 12.1 Å². The topological polar surface area (TPSA) is 82.5 Å². The molecule has 0 spiro atoms. The third-order valence-electron chi connectivity index (χ3n) is 5.36. The fourth-order valence-electron chi connectivity index (χ4n) is 3.52. The minimum absolute atomic E-state index is 0.0453. The van der Waals surface area contributed by atoms with Gasteiger partial charge in [-0.05, 0) is 53.1 Å². The zero-order valence-corrected chi connectivity index (χ0v) is 18.7. The van der Waals surface area contributed by atoms with E-state index in [1.54, 1.807) is 18.2 Å². The molecule has 0 saturated heterocycles. The summed E-state index contributed by atoms with van der Waals surface area (Å²) in [6.07, 6.45) is -3.92. The van der Waals surface area contributed by atoms with E-state index in [9.17, 15) is 23.1 Å². The van der Waals surface area contributed by atoms with Crippen LogP contribution in [0.3, 0.4) is 0 Å². The Labute approximate surface area is 197 Å². The number of rotatable bonds is 7. The second kappa shape index (κ2) is 9.59. The highest BCUT2D eigenvalue weighted by Gasteiger charge is 2.59. The van der Waals surface area contributed by atoms with E-state index in [0.717, 1.165) is 18.3 Å². The minimum atomic E-state index is -5.02. The number of aliphatic hydroxyl groups is 1. The number of aromatic carboxylic acids is 1. The number of hydrogen-bond donors (Lipinski definition) is 3. The predicted molar refractivity (Wildman–Crippen MR) is 120 cm³/mol.